The van der Waals surface area contributed by atoms with Crippen molar-refractivity contribution in [2.24, 2.45) is 0 Å². The molecule has 0 aliphatic rings. The number of carboxylic acids is 1. The van der Waals surface area contributed by atoms with E-state index in [-0.39, 0.29) is 5.75 Å². The summed E-state index contributed by atoms with van der Waals surface area (Å²) in [5.74, 6) is -0.699. The molecule has 0 amide bonds. The van der Waals surface area contributed by atoms with Crippen molar-refractivity contribution >= 4 is 17.7 Å². The maximum Gasteiger partial charge on any atom is 0.189 e. The second-order valence-electron chi connectivity index (χ2n) is 3.32. The number of nitrogens with zero attached hydrogens (tertiary/aromatic N) is 4. The minimum absolute atomic E-state index is 0.165. The first-order valence-electron chi connectivity index (χ1n) is 4.82. The van der Waals surface area contributed by atoms with E-state index in [9.17, 15) is 9.90 Å². The van der Waals surface area contributed by atoms with E-state index in [1.165, 1.54) is 0 Å². The summed E-state index contributed by atoms with van der Waals surface area (Å²) in [6, 6.07) is 1.70. The number of carboxylic acid groups (broad SMARTS) is 1. The fourth-order valence-corrected chi connectivity index (χ4v) is 1.73. The van der Waals surface area contributed by atoms with Crippen LogP contribution in [0.15, 0.2) is 29.8 Å². The summed E-state index contributed by atoms with van der Waals surface area (Å²) in [5, 5.41) is 14.8. The molecular formula is C10H9N4O2S-. The Hall–Kier alpha value is -1.89. The molecule has 0 aliphatic carbocycles. The molecule has 0 bridgehead atoms. The van der Waals surface area contributed by atoms with Gasteiger partial charge >= 0.3 is 0 Å². The number of rotatable bonds is 4. The zero-order valence-corrected chi connectivity index (χ0v) is 9.85. The van der Waals surface area contributed by atoms with Gasteiger partial charge in [0.15, 0.2) is 11.0 Å². The lowest BCUT2D eigenvalue weighted by molar-refractivity contribution is -0.301. The summed E-state index contributed by atoms with van der Waals surface area (Å²) in [4.78, 5) is 18.5. The molecule has 0 N–H and O–H groups in total. The third kappa shape index (κ3) is 3.04. The van der Waals surface area contributed by atoms with Crippen LogP contribution in [0.4, 0.5) is 0 Å². The first-order valence-corrected chi connectivity index (χ1v) is 5.81. The van der Waals surface area contributed by atoms with E-state index in [4.69, 9.17) is 0 Å². The lowest BCUT2D eigenvalue weighted by Crippen LogP contribution is -2.24. The van der Waals surface area contributed by atoms with E-state index in [0.29, 0.717) is 11.0 Å². The lowest BCUT2D eigenvalue weighted by atomic mass is 10.4. The summed E-state index contributed by atoms with van der Waals surface area (Å²) < 4.78 is 1.61. The normalized spacial score (nSPS) is 10.4. The molecule has 7 heteroatoms. The Morgan fingerprint density at radius 2 is 2.41 bits per heavy atom. The maximum atomic E-state index is 10.3. The van der Waals surface area contributed by atoms with Gasteiger partial charge in [-0.2, -0.15) is 5.10 Å². The van der Waals surface area contributed by atoms with Crippen molar-refractivity contribution in [3.8, 4) is 5.82 Å². The molecule has 88 valence electrons. The van der Waals surface area contributed by atoms with E-state index in [1.54, 1.807) is 23.1 Å². The average molecular weight is 249 g/mol. The number of hydrogen-bond donors (Lipinski definition) is 0. The highest BCUT2D eigenvalue weighted by Gasteiger charge is 2.03. The van der Waals surface area contributed by atoms with Gasteiger partial charge in [0.1, 0.15) is 0 Å². The van der Waals surface area contributed by atoms with Crippen LogP contribution in [0.25, 0.3) is 5.82 Å². The van der Waals surface area contributed by atoms with Gasteiger partial charge in [0.25, 0.3) is 0 Å². The molecule has 0 fully saturated rings. The van der Waals surface area contributed by atoms with Crippen LogP contribution < -0.4 is 5.11 Å². The van der Waals surface area contributed by atoms with Gasteiger partial charge in [-0.1, -0.05) is 11.8 Å². The molecule has 2 rings (SSSR count). The topological polar surface area (TPSA) is 83.7 Å². The SMILES string of the molecule is Cc1cnn(-c2ccnc(SCC(=O)[O-])n2)c1. The Morgan fingerprint density at radius 3 is 3.06 bits per heavy atom. The van der Waals surface area contributed by atoms with Gasteiger partial charge < -0.3 is 9.90 Å². The Kier molecular flexibility index (Phi) is 3.38. The van der Waals surface area contributed by atoms with E-state index < -0.39 is 5.97 Å². The van der Waals surface area contributed by atoms with Crippen LogP contribution in [0.3, 0.4) is 0 Å². The van der Waals surface area contributed by atoms with Crippen molar-refractivity contribution in [2.45, 2.75) is 12.1 Å². The van der Waals surface area contributed by atoms with Crippen molar-refractivity contribution < 1.29 is 9.90 Å². The summed E-state index contributed by atoms with van der Waals surface area (Å²) in [5.41, 5.74) is 1.02. The molecule has 2 aromatic rings. The molecule has 6 nitrogen and oxygen atoms in total. The minimum Gasteiger partial charge on any atom is -0.549 e. The number of hydrogen-bond acceptors (Lipinski definition) is 6. The van der Waals surface area contributed by atoms with E-state index in [1.807, 2.05) is 13.1 Å². The van der Waals surface area contributed by atoms with E-state index in [2.05, 4.69) is 15.1 Å². The molecule has 0 saturated heterocycles. The van der Waals surface area contributed by atoms with Crippen molar-refractivity contribution in [1.82, 2.24) is 19.7 Å². The molecule has 0 aromatic carbocycles. The van der Waals surface area contributed by atoms with Crippen LogP contribution >= 0.6 is 11.8 Å². The molecule has 0 unspecified atom stereocenters. The Morgan fingerprint density at radius 1 is 1.59 bits per heavy atom. The number of thioether (sulfide) groups is 1. The summed E-state index contributed by atoms with van der Waals surface area (Å²) >= 11 is 1.02. The van der Waals surface area contributed by atoms with Crippen molar-refractivity contribution in [2.75, 3.05) is 5.75 Å². The molecular weight excluding hydrogens is 240 g/mol. The van der Waals surface area contributed by atoms with Crippen LogP contribution in [-0.4, -0.2) is 31.5 Å². The quantitative estimate of drug-likeness (QED) is 0.551. The predicted molar refractivity (Wildman–Crippen MR) is 59.6 cm³/mol. The molecule has 0 saturated carbocycles. The summed E-state index contributed by atoms with van der Waals surface area (Å²) in [6.45, 7) is 1.93. The average Bonchev–Trinajstić information content (AvgIpc) is 2.74. The van der Waals surface area contributed by atoms with Crippen molar-refractivity contribution in [3.05, 3.63) is 30.2 Å². The highest BCUT2D eigenvalue weighted by Crippen LogP contribution is 2.13. The molecule has 0 spiro atoms. The fourth-order valence-electron chi connectivity index (χ4n) is 1.19. The Bertz CT molecular complexity index is 541. The molecule has 0 aliphatic heterocycles. The predicted octanol–water partition coefficient (Wildman–Crippen LogP) is -0.187. The summed E-state index contributed by atoms with van der Waals surface area (Å²) in [7, 11) is 0. The van der Waals surface area contributed by atoms with Crippen LogP contribution in [0.2, 0.25) is 0 Å². The van der Waals surface area contributed by atoms with Crippen LogP contribution in [-0.2, 0) is 4.79 Å². The van der Waals surface area contributed by atoms with Gasteiger partial charge in [0, 0.05) is 24.2 Å². The first-order chi connectivity index (χ1) is 8.15. The van der Waals surface area contributed by atoms with Crippen LogP contribution in [0, 0.1) is 6.92 Å². The second kappa shape index (κ2) is 4.96. The largest absolute Gasteiger partial charge is 0.549 e. The van der Waals surface area contributed by atoms with Crippen molar-refractivity contribution in [3.63, 3.8) is 0 Å². The van der Waals surface area contributed by atoms with Gasteiger partial charge in [0.2, 0.25) is 0 Å². The highest BCUT2D eigenvalue weighted by molar-refractivity contribution is 7.99. The van der Waals surface area contributed by atoms with Gasteiger partial charge in [0.05, 0.1) is 12.2 Å². The standard InChI is InChI=1S/C10H10N4O2S/c1-7-4-12-14(5-7)8-2-3-11-10(13-8)17-6-9(15)16/h2-5H,6H2,1H3,(H,15,16)/p-1. The second-order valence-corrected chi connectivity index (χ2v) is 4.26. The number of carbonyl (C=O) groups excluding carboxylic acids is 1. The third-order valence-corrected chi connectivity index (χ3v) is 2.72. The van der Waals surface area contributed by atoms with Crippen LogP contribution in [0.5, 0.6) is 0 Å². The van der Waals surface area contributed by atoms with Gasteiger partial charge in [-0.15, -0.1) is 0 Å². The molecule has 2 heterocycles. The number of carbonyl (C=O) groups is 1. The zero-order chi connectivity index (χ0) is 12.3. The summed E-state index contributed by atoms with van der Waals surface area (Å²) in [6.07, 6.45) is 5.11. The molecule has 2 aromatic heterocycles. The highest BCUT2D eigenvalue weighted by atomic mass is 32.2. The smallest absolute Gasteiger partial charge is 0.189 e. The number of aliphatic carboxylic acids is 1. The lowest BCUT2D eigenvalue weighted by Gasteiger charge is -2.03. The maximum absolute atomic E-state index is 10.3. The van der Waals surface area contributed by atoms with E-state index >= 15 is 0 Å². The monoisotopic (exact) mass is 249 g/mol. The van der Waals surface area contributed by atoms with Gasteiger partial charge in [-0.3, -0.25) is 0 Å². The third-order valence-electron chi connectivity index (χ3n) is 1.88. The van der Waals surface area contributed by atoms with Crippen molar-refractivity contribution in [1.29, 1.82) is 0 Å². The van der Waals surface area contributed by atoms with E-state index in [0.717, 1.165) is 17.3 Å². The molecule has 0 atom stereocenters. The minimum atomic E-state index is -1.14. The molecule has 17 heavy (non-hydrogen) atoms. The first kappa shape index (κ1) is 11.6. The van der Waals surface area contributed by atoms with Gasteiger partial charge in [-0.05, 0) is 12.5 Å². The fraction of sp³-hybridized carbons (Fsp3) is 0.200. The zero-order valence-electron chi connectivity index (χ0n) is 9.03. The number of aromatic nitrogens is 4. The van der Waals surface area contributed by atoms with Crippen LogP contribution in [0.1, 0.15) is 5.56 Å². The van der Waals surface area contributed by atoms with Gasteiger partial charge in [-0.25, -0.2) is 14.6 Å². The Labute approximate surface area is 102 Å². The molecule has 0 radical (unpaired) electrons. The Balaban J connectivity index is 2.19. The number of aryl methyl sites for hydroxylation is 1.